The maximum atomic E-state index is 14.8. The van der Waals surface area contributed by atoms with Crippen molar-refractivity contribution >= 4 is 12.9 Å². The molecular formula is C18H25BFN3O2. The van der Waals surface area contributed by atoms with Crippen molar-refractivity contribution in [2.45, 2.75) is 76.4 Å². The molecule has 134 valence electrons. The number of allylic oxidation sites excluding steroid dienone is 1. The first-order valence-electron chi connectivity index (χ1n) is 9.03. The molecule has 0 unspecified atom stereocenters. The second-order valence-corrected chi connectivity index (χ2v) is 8.49. The van der Waals surface area contributed by atoms with Gasteiger partial charge in [-0.3, -0.25) is 0 Å². The zero-order chi connectivity index (χ0) is 18.0. The molecule has 0 amide bonds. The van der Waals surface area contributed by atoms with Crippen LogP contribution in [0.4, 0.5) is 10.2 Å². The predicted octanol–water partition coefficient (Wildman–Crippen LogP) is 3.67. The summed E-state index contributed by atoms with van der Waals surface area (Å²) >= 11 is 0. The Morgan fingerprint density at radius 2 is 1.76 bits per heavy atom. The first-order chi connectivity index (χ1) is 11.7. The Balaban J connectivity index is 1.45. The van der Waals surface area contributed by atoms with Crippen LogP contribution in [0.15, 0.2) is 17.5 Å². The number of aromatic nitrogens is 2. The summed E-state index contributed by atoms with van der Waals surface area (Å²) in [6.07, 6.45) is 5.35. The van der Waals surface area contributed by atoms with E-state index in [1.54, 1.807) is 0 Å². The lowest BCUT2D eigenvalue weighted by atomic mass is 9.70. The van der Waals surface area contributed by atoms with Crippen molar-refractivity contribution in [1.29, 1.82) is 0 Å². The van der Waals surface area contributed by atoms with Gasteiger partial charge in [-0.2, -0.15) is 0 Å². The number of nitrogen functional groups attached to an aromatic ring is 1. The molecular weight excluding hydrogens is 320 g/mol. The summed E-state index contributed by atoms with van der Waals surface area (Å²) in [7, 11) is -0.910. The van der Waals surface area contributed by atoms with Crippen LogP contribution >= 0.6 is 0 Å². The van der Waals surface area contributed by atoms with Crippen LogP contribution in [0.1, 0.15) is 76.6 Å². The van der Waals surface area contributed by atoms with Crippen molar-refractivity contribution in [3.05, 3.63) is 28.9 Å². The van der Waals surface area contributed by atoms with Gasteiger partial charge < -0.3 is 15.0 Å². The first kappa shape index (κ1) is 17.0. The van der Waals surface area contributed by atoms with Crippen molar-refractivity contribution in [3.63, 3.8) is 0 Å². The second kappa shape index (κ2) is 5.51. The van der Waals surface area contributed by atoms with Gasteiger partial charge in [0.1, 0.15) is 17.4 Å². The summed E-state index contributed by atoms with van der Waals surface area (Å²) in [5, 5.41) is 0. The summed E-state index contributed by atoms with van der Waals surface area (Å²) in [4.78, 5) is 8.87. The topological polar surface area (TPSA) is 70.3 Å². The summed E-state index contributed by atoms with van der Waals surface area (Å²) in [5.74, 6) is 2.04. The van der Waals surface area contributed by atoms with E-state index in [2.05, 4.69) is 9.97 Å². The fourth-order valence-electron chi connectivity index (χ4n) is 3.33. The number of nitrogens with two attached hydrogens (primary N) is 1. The quantitative estimate of drug-likeness (QED) is 0.847. The summed E-state index contributed by atoms with van der Waals surface area (Å²) in [5.41, 5.74) is 6.42. The molecule has 1 aromatic heterocycles. The highest BCUT2D eigenvalue weighted by Gasteiger charge is 2.54. The van der Waals surface area contributed by atoms with Crippen molar-refractivity contribution in [2.75, 3.05) is 5.73 Å². The van der Waals surface area contributed by atoms with Crippen molar-refractivity contribution < 1.29 is 13.7 Å². The molecule has 1 aromatic rings. The Bertz CT molecular complexity index is 722. The van der Waals surface area contributed by atoms with Gasteiger partial charge in [-0.15, -0.1) is 0 Å². The van der Waals surface area contributed by atoms with Crippen LogP contribution in [0.3, 0.4) is 0 Å². The third-order valence-corrected chi connectivity index (χ3v) is 6.03. The van der Waals surface area contributed by atoms with E-state index in [1.807, 2.05) is 33.9 Å². The van der Waals surface area contributed by atoms with E-state index in [0.29, 0.717) is 24.6 Å². The summed E-state index contributed by atoms with van der Waals surface area (Å²) < 4.78 is 26.4. The van der Waals surface area contributed by atoms with Crippen LogP contribution in [0.5, 0.6) is 0 Å². The Kier molecular flexibility index (Phi) is 3.74. The Hall–Kier alpha value is -1.47. The molecule has 7 heteroatoms. The molecule has 0 atom stereocenters. The molecule has 0 radical (unpaired) electrons. The number of rotatable bonds is 3. The van der Waals surface area contributed by atoms with Gasteiger partial charge >= 0.3 is 7.12 Å². The normalized spacial score (nSPS) is 27.3. The second-order valence-electron chi connectivity index (χ2n) is 8.49. The molecule has 0 aromatic carbocycles. The monoisotopic (exact) mass is 345 g/mol. The fraction of sp³-hybridized carbons (Fsp3) is 0.667. The highest BCUT2D eigenvalue weighted by Crippen LogP contribution is 2.47. The average molecular weight is 345 g/mol. The van der Waals surface area contributed by atoms with E-state index >= 15 is 0 Å². The van der Waals surface area contributed by atoms with Gasteiger partial charge in [-0.25, -0.2) is 14.4 Å². The molecule has 2 N–H and O–H groups in total. The molecule has 1 saturated heterocycles. The SMILES string of the molecule is CC1(C)OB(C(F)=C2CC(c3cnc(C4CC4)nc3N)C2)OC1(C)C. The minimum atomic E-state index is -0.910. The van der Waals surface area contributed by atoms with Crippen LogP contribution in [0.2, 0.25) is 0 Å². The standard InChI is InChI=1S/C18H25BFN3O2/c1-17(2)18(3,4)25-19(24-17)14(20)12-7-11(8-12)13-9-22-16(10-5-6-10)23-15(13)21/h9-11H,5-8H2,1-4H3,(H2,21,22,23). The lowest BCUT2D eigenvalue weighted by molar-refractivity contribution is 0.00578. The van der Waals surface area contributed by atoms with Gasteiger partial charge in [0.15, 0.2) is 0 Å². The zero-order valence-electron chi connectivity index (χ0n) is 15.3. The largest absolute Gasteiger partial charge is 0.525 e. The van der Waals surface area contributed by atoms with Crippen LogP contribution in [-0.4, -0.2) is 28.3 Å². The van der Waals surface area contributed by atoms with E-state index < -0.39 is 18.3 Å². The molecule has 3 aliphatic rings. The number of hydrogen-bond donors (Lipinski definition) is 1. The summed E-state index contributed by atoms with van der Waals surface area (Å²) in [6, 6.07) is 0. The molecule has 5 nitrogen and oxygen atoms in total. The van der Waals surface area contributed by atoms with Gasteiger partial charge in [-0.05, 0) is 64.9 Å². The van der Waals surface area contributed by atoms with E-state index in [4.69, 9.17) is 15.0 Å². The minimum Gasteiger partial charge on any atom is -0.398 e. The van der Waals surface area contributed by atoms with Crippen LogP contribution in [0, 0.1) is 0 Å². The van der Waals surface area contributed by atoms with Crippen LogP contribution in [0.25, 0.3) is 0 Å². The molecule has 2 heterocycles. The number of anilines is 1. The maximum Gasteiger partial charge on any atom is 0.525 e. The first-order valence-corrected chi connectivity index (χ1v) is 9.03. The van der Waals surface area contributed by atoms with Crippen molar-refractivity contribution in [1.82, 2.24) is 9.97 Å². The van der Waals surface area contributed by atoms with Gasteiger partial charge in [0, 0.05) is 17.7 Å². The van der Waals surface area contributed by atoms with E-state index in [1.165, 1.54) is 0 Å². The molecule has 25 heavy (non-hydrogen) atoms. The molecule has 2 saturated carbocycles. The predicted molar refractivity (Wildman–Crippen MR) is 94.6 cm³/mol. The molecule has 2 aliphatic carbocycles. The van der Waals surface area contributed by atoms with Crippen LogP contribution in [-0.2, 0) is 9.31 Å². The van der Waals surface area contributed by atoms with Crippen LogP contribution < -0.4 is 5.73 Å². The number of nitrogens with zero attached hydrogens (tertiary/aromatic N) is 2. The third kappa shape index (κ3) is 2.87. The Morgan fingerprint density at radius 3 is 2.28 bits per heavy atom. The lowest BCUT2D eigenvalue weighted by Crippen LogP contribution is -2.41. The van der Waals surface area contributed by atoms with Gasteiger partial charge in [0.25, 0.3) is 0 Å². The van der Waals surface area contributed by atoms with E-state index in [0.717, 1.165) is 29.8 Å². The smallest absolute Gasteiger partial charge is 0.398 e. The molecule has 1 aliphatic heterocycles. The van der Waals surface area contributed by atoms with Crippen molar-refractivity contribution in [2.24, 2.45) is 0 Å². The van der Waals surface area contributed by atoms with Crippen molar-refractivity contribution in [3.8, 4) is 0 Å². The number of halogens is 1. The highest BCUT2D eigenvalue weighted by atomic mass is 19.1. The lowest BCUT2D eigenvalue weighted by Gasteiger charge is -2.32. The molecule has 0 spiro atoms. The molecule has 3 fully saturated rings. The van der Waals surface area contributed by atoms with Gasteiger partial charge in [0.2, 0.25) is 0 Å². The molecule has 0 bridgehead atoms. The third-order valence-electron chi connectivity index (χ3n) is 6.03. The Morgan fingerprint density at radius 1 is 1.16 bits per heavy atom. The zero-order valence-corrected chi connectivity index (χ0v) is 15.3. The van der Waals surface area contributed by atoms with Gasteiger partial charge in [0.05, 0.1) is 11.2 Å². The molecule has 4 rings (SSSR count). The van der Waals surface area contributed by atoms with Gasteiger partial charge in [-0.1, -0.05) is 0 Å². The van der Waals surface area contributed by atoms with E-state index in [9.17, 15) is 4.39 Å². The maximum absolute atomic E-state index is 14.8. The minimum absolute atomic E-state index is 0.177. The summed E-state index contributed by atoms with van der Waals surface area (Å²) in [6.45, 7) is 7.70. The fourth-order valence-corrected chi connectivity index (χ4v) is 3.33. The number of hydrogen-bond acceptors (Lipinski definition) is 5. The highest BCUT2D eigenvalue weighted by molar-refractivity contribution is 6.53. The average Bonchev–Trinajstić information content (AvgIpc) is 3.27. The Labute approximate surface area is 148 Å². The van der Waals surface area contributed by atoms with E-state index in [-0.39, 0.29) is 11.6 Å².